The van der Waals surface area contributed by atoms with Crippen LogP contribution in [0.2, 0.25) is 10.0 Å². The Balaban J connectivity index is 1.62. The van der Waals surface area contributed by atoms with Crippen molar-refractivity contribution in [2.24, 2.45) is 17.8 Å². The maximum Gasteiger partial charge on any atom is 0.306 e. The van der Waals surface area contributed by atoms with E-state index in [2.05, 4.69) is 40.0 Å². The van der Waals surface area contributed by atoms with E-state index in [1.165, 1.54) is 5.56 Å². The highest BCUT2D eigenvalue weighted by molar-refractivity contribution is 7.08. The number of halogens is 2. The first-order valence-electron chi connectivity index (χ1n) is 12.6. The van der Waals surface area contributed by atoms with Crippen molar-refractivity contribution in [3.8, 4) is 0 Å². The van der Waals surface area contributed by atoms with E-state index in [1.807, 2.05) is 12.1 Å². The average molecular weight is 524 g/mol. The van der Waals surface area contributed by atoms with Crippen molar-refractivity contribution < 1.29 is 9.90 Å². The predicted octanol–water partition coefficient (Wildman–Crippen LogP) is 6.71. The van der Waals surface area contributed by atoms with Crippen molar-refractivity contribution in [1.82, 2.24) is 10.2 Å². The lowest BCUT2D eigenvalue weighted by atomic mass is 9.71. The second-order valence-corrected chi connectivity index (χ2v) is 11.7. The van der Waals surface area contributed by atoms with Gasteiger partial charge in [-0.1, -0.05) is 42.6 Å². The lowest BCUT2D eigenvalue weighted by molar-refractivity contribution is -0.142. The van der Waals surface area contributed by atoms with Crippen LogP contribution in [-0.2, 0) is 16.8 Å². The number of hydrogen-bond donors (Lipinski definition) is 2. The van der Waals surface area contributed by atoms with Crippen LogP contribution < -0.4 is 5.32 Å². The summed E-state index contributed by atoms with van der Waals surface area (Å²) < 4.78 is 0. The first-order valence-corrected chi connectivity index (χ1v) is 14.3. The lowest BCUT2D eigenvalue weighted by Crippen LogP contribution is -2.56. The first-order chi connectivity index (χ1) is 16.4. The molecular formula is C27H36Cl2N2O2S. The molecule has 0 spiro atoms. The smallest absolute Gasteiger partial charge is 0.306 e. The van der Waals surface area contributed by atoms with Crippen LogP contribution in [0, 0.1) is 17.8 Å². The third-order valence-electron chi connectivity index (χ3n) is 8.01. The zero-order valence-electron chi connectivity index (χ0n) is 19.9. The molecule has 2 N–H and O–H groups in total. The molecule has 2 aromatic rings. The fourth-order valence-electron chi connectivity index (χ4n) is 6.22. The van der Waals surface area contributed by atoms with Gasteiger partial charge in [-0.2, -0.15) is 11.3 Å². The summed E-state index contributed by atoms with van der Waals surface area (Å²) in [5.41, 5.74) is 2.38. The van der Waals surface area contributed by atoms with E-state index in [0.29, 0.717) is 16.9 Å². The molecule has 1 aromatic carbocycles. The summed E-state index contributed by atoms with van der Waals surface area (Å²) in [5.74, 6) is 0.114. The van der Waals surface area contributed by atoms with Crippen LogP contribution in [0.4, 0.5) is 0 Å². The lowest BCUT2D eigenvalue weighted by Gasteiger charge is -2.51. The third kappa shape index (κ3) is 5.65. The summed E-state index contributed by atoms with van der Waals surface area (Å²) in [7, 11) is 0. The van der Waals surface area contributed by atoms with Gasteiger partial charge in [0.05, 0.1) is 11.5 Å². The SMILES string of the molecule is CCC[C@H](CC1CCN(C(Cc2ccc(Cl)cc2Cl)(c2ccsc2)[C@H]2CCNC2)CC1)C(=O)O. The zero-order chi connectivity index (χ0) is 24.1. The highest BCUT2D eigenvalue weighted by atomic mass is 35.5. The normalized spacial score (nSPS) is 22.5. The minimum Gasteiger partial charge on any atom is -0.481 e. The van der Waals surface area contributed by atoms with Gasteiger partial charge in [-0.05, 0) is 110 Å². The minimum absolute atomic E-state index is 0.137. The third-order valence-corrected chi connectivity index (χ3v) is 9.29. The molecule has 2 saturated heterocycles. The molecule has 4 rings (SSSR count). The molecule has 4 nitrogen and oxygen atoms in total. The van der Waals surface area contributed by atoms with Gasteiger partial charge in [0.15, 0.2) is 0 Å². The second kappa shape index (κ2) is 11.7. The summed E-state index contributed by atoms with van der Waals surface area (Å²) in [6.07, 6.45) is 6.59. The fraction of sp³-hybridized carbons (Fsp3) is 0.593. The van der Waals surface area contributed by atoms with Gasteiger partial charge in [-0.15, -0.1) is 0 Å². The Morgan fingerprint density at radius 2 is 2.06 bits per heavy atom. The van der Waals surface area contributed by atoms with Crippen molar-refractivity contribution in [2.75, 3.05) is 26.2 Å². The van der Waals surface area contributed by atoms with Crippen LogP contribution in [0.15, 0.2) is 35.0 Å². The van der Waals surface area contributed by atoms with E-state index >= 15 is 0 Å². The number of rotatable bonds is 10. The van der Waals surface area contributed by atoms with Crippen molar-refractivity contribution >= 4 is 40.5 Å². The van der Waals surface area contributed by atoms with Crippen LogP contribution >= 0.6 is 34.5 Å². The number of aliphatic carboxylic acids is 1. The Bertz CT molecular complexity index is 940. The fourth-order valence-corrected chi connectivity index (χ4v) is 7.43. The average Bonchev–Trinajstić information content (AvgIpc) is 3.54. The summed E-state index contributed by atoms with van der Waals surface area (Å²) in [4.78, 5) is 14.4. The van der Waals surface area contributed by atoms with Gasteiger partial charge in [-0.3, -0.25) is 9.69 Å². The van der Waals surface area contributed by atoms with Crippen molar-refractivity contribution in [3.05, 3.63) is 56.2 Å². The van der Waals surface area contributed by atoms with Crippen LogP contribution in [0.1, 0.15) is 56.6 Å². The first kappa shape index (κ1) is 26.0. The van der Waals surface area contributed by atoms with E-state index in [9.17, 15) is 9.90 Å². The number of nitrogens with one attached hydrogen (secondary N) is 1. The molecule has 1 aromatic heterocycles. The van der Waals surface area contributed by atoms with Gasteiger partial charge >= 0.3 is 5.97 Å². The standard InChI is InChI=1S/C27H36Cl2N2O2S/c1-2-3-20(26(32)33)14-19-7-11-31(12-8-19)27(22-6-10-30-17-22,23-9-13-34-18-23)16-21-4-5-24(28)15-25(21)29/h4-5,9,13,15,18-20,22,30H,2-3,6-8,10-12,14,16-17H2,1H3,(H,32,33)/t20-,22+,27?/m1/s1. The van der Waals surface area contributed by atoms with Crippen LogP contribution in [0.5, 0.6) is 0 Å². The Morgan fingerprint density at radius 1 is 1.26 bits per heavy atom. The van der Waals surface area contributed by atoms with Crippen LogP contribution in [0.3, 0.4) is 0 Å². The van der Waals surface area contributed by atoms with E-state index in [1.54, 1.807) is 11.3 Å². The monoisotopic (exact) mass is 522 g/mol. The van der Waals surface area contributed by atoms with E-state index in [0.717, 1.165) is 81.7 Å². The van der Waals surface area contributed by atoms with Gasteiger partial charge in [0.25, 0.3) is 0 Å². The molecule has 0 bridgehead atoms. The largest absolute Gasteiger partial charge is 0.481 e. The number of carboxylic acids is 1. The highest BCUT2D eigenvalue weighted by Crippen LogP contribution is 2.46. The van der Waals surface area contributed by atoms with Crippen molar-refractivity contribution in [2.45, 2.75) is 57.4 Å². The molecule has 3 atom stereocenters. The molecule has 2 aliphatic rings. The molecule has 3 heterocycles. The Hall–Kier alpha value is -1.11. The Morgan fingerprint density at radius 3 is 2.65 bits per heavy atom. The number of likely N-dealkylation sites (tertiary alicyclic amines) is 1. The Kier molecular flexibility index (Phi) is 8.97. The van der Waals surface area contributed by atoms with E-state index < -0.39 is 5.97 Å². The maximum atomic E-state index is 11.7. The van der Waals surface area contributed by atoms with Gasteiger partial charge in [0.1, 0.15) is 0 Å². The van der Waals surface area contributed by atoms with Gasteiger partial charge in [-0.25, -0.2) is 0 Å². The molecule has 186 valence electrons. The topological polar surface area (TPSA) is 52.6 Å². The number of carboxylic acid groups (broad SMARTS) is 1. The number of carbonyl (C=O) groups is 1. The zero-order valence-corrected chi connectivity index (χ0v) is 22.3. The summed E-state index contributed by atoms with van der Waals surface area (Å²) in [6.45, 7) is 6.09. The van der Waals surface area contributed by atoms with Crippen molar-refractivity contribution in [3.63, 3.8) is 0 Å². The van der Waals surface area contributed by atoms with Gasteiger partial charge in [0.2, 0.25) is 0 Å². The second-order valence-electron chi connectivity index (χ2n) is 10.0. The number of benzene rings is 1. The maximum absolute atomic E-state index is 11.7. The molecule has 0 aliphatic carbocycles. The summed E-state index contributed by atoms with van der Waals surface area (Å²) in [5, 5.41) is 19.2. The predicted molar refractivity (Wildman–Crippen MR) is 142 cm³/mol. The van der Waals surface area contributed by atoms with Crippen LogP contribution in [0.25, 0.3) is 0 Å². The molecule has 7 heteroatoms. The number of thiophene rings is 1. The summed E-state index contributed by atoms with van der Waals surface area (Å²) in [6, 6.07) is 8.18. The van der Waals surface area contributed by atoms with E-state index in [4.69, 9.17) is 23.2 Å². The van der Waals surface area contributed by atoms with Crippen LogP contribution in [-0.4, -0.2) is 42.2 Å². The highest BCUT2D eigenvalue weighted by Gasteiger charge is 2.47. The number of piperidine rings is 1. The molecular weight excluding hydrogens is 487 g/mol. The number of nitrogens with zero attached hydrogens (tertiary/aromatic N) is 1. The quantitative estimate of drug-likeness (QED) is 0.364. The summed E-state index contributed by atoms with van der Waals surface area (Å²) >= 11 is 14.7. The molecule has 1 unspecified atom stereocenters. The molecule has 2 fully saturated rings. The molecule has 34 heavy (non-hydrogen) atoms. The molecule has 0 amide bonds. The molecule has 2 aliphatic heterocycles. The van der Waals surface area contributed by atoms with Gasteiger partial charge < -0.3 is 10.4 Å². The van der Waals surface area contributed by atoms with Gasteiger partial charge in [0, 0.05) is 16.6 Å². The molecule has 0 saturated carbocycles. The van der Waals surface area contributed by atoms with Crippen molar-refractivity contribution in [1.29, 1.82) is 0 Å². The van der Waals surface area contributed by atoms with E-state index in [-0.39, 0.29) is 11.5 Å². The Labute approximate surface area is 217 Å². The minimum atomic E-state index is -0.633. The number of hydrogen-bond acceptors (Lipinski definition) is 4. The molecule has 0 radical (unpaired) electrons.